The molecule has 1 rings (SSSR count). The van der Waals surface area contributed by atoms with Gasteiger partial charge < -0.3 is 10.2 Å². The first-order chi connectivity index (χ1) is 6.02. The van der Waals surface area contributed by atoms with Crippen LogP contribution in [0, 0.1) is 0 Å². The fraction of sp³-hybridized carbons (Fsp3) is 0.333. The molecule has 0 aliphatic rings. The van der Waals surface area contributed by atoms with E-state index in [-0.39, 0.29) is 6.42 Å². The van der Waals surface area contributed by atoms with Crippen LogP contribution in [0.2, 0.25) is 0 Å². The standard InChI is InChI=1S/C9H11NO3/c1-9(13,5-8(11)12)7-3-2-4-10-6-7/h2-4,6,13H,5H2,1H3,(H,11,12)/t9-/m0/s1. The SMILES string of the molecule is C[C@](O)(CC(=O)O)c1cccnc1. The maximum absolute atomic E-state index is 10.4. The third kappa shape index (κ3) is 2.52. The summed E-state index contributed by atoms with van der Waals surface area (Å²) < 4.78 is 0. The molecule has 0 amide bonds. The number of hydrogen-bond acceptors (Lipinski definition) is 3. The molecule has 1 aromatic heterocycles. The summed E-state index contributed by atoms with van der Waals surface area (Å²) in [6, 6.07) is 3.31. The molecule has 0 spiro atoms. The summed E-state index contributed by atoms with van der Waals surface area (Å²) in [4.78, 5) is 14.2. The highest BCUT2D eigenvalue weighted by Crippen LogP contribution is 2.22. The summed E-state index contributed by atoms with van der Waals surface area (Å²) in [6.45, 7) is 1.46. The Hall–Kier alpha value is -1.42. The zero-order valence-corrected chi connectivity index (χ0v) is 7.27. The molecule has 0 fully saturated rings. The van der Waals surface area contributed by atoms with Crippen molar-refractivity contribution < 1.29 is 15.0 Å². The van der Waals surface area contributed by atoms with Gasteiger partial charge in [0.05, 0.1) is 12.0 Å². The minimum Gasteiger partial charge on any atom is -0.481 e. The molecule has 0 aromatic carbocycles. The topological polar surface area (TPSA) is 70.4 Å². The van der Waals surface area contributed by atoms with Gasteiger partial charge in [-0.2, -0.15) is 0 Å². The molecule has 0 aliphatic carbocycles. The molecule has 0 aliphatic heterocycles. The first-order valence-electron chi connectivity index (χ1n) is 3.87. The molecule has 0 saturated carbocycles. The van der Waals surface area contributed by atoms with E-state index in [1.807, 2.05) is 0 Å². The average molecular weight is 181 g/mol. The molecule has 4 nitrogen and oxygen atoms in total. The van der Waals surface area contributed by atoms with Gasteiger partial charge in [-0.1, -0.05) is 6.07 Å². The van der Waals surface area contributed by atoms with Gasteiger partial charge in [0.25, 0.3) is 0 Å². The predicted octanol–water partition coefficient (Wildman–Crippen LogP) is 0.764. The molecule has 4 heteroatoms. The van der Waals surface area contributed by atoms with Gasteiger partial charge in [0.15, 0.2) is 0 Å². The lowest BCUT2D eigenvalue weighted by atomic mass is 9.94. The Morgan fingerprint density at radius 2 is 2.38 bits per heavy atom. The minimum atomic E-state index is -1.35. The van der Waals surface area contributed by atoms with Crippen molar-refractivity contribution in [2.24, 2.45) is 0 Å². The van der Waals surface area contributed by atoms with E-state index >= 15 is 0 Å². The molecule has 0 unspecified atom stereocenters. The number of aromatic nitrogens is 1. The fourth-order valence-electron chi connectivity index (χ4n) is 1.08. The van der Waals surface area contributed by atoms with Crippen LogP contribution in [0.25, 0.3) is 0 Å². The van der Waals surface area contributed by atoms with Gasteiger partial charge in [-0.25, -0.2) is 0 Å². The lowest BCUT2D eigenvalue weighted by Crippen LogP contribution is -2.25. The van der Waals surface area contributed by atoms with E-state index in [9.17, 15) is 9.90 Å². The van der Waals surface area contributed by atoms with Gasteiger partial charge in [0.2, 0.25) is 0 Å². The smallest absolute Gasteiger partial charge is 0.306 e. The van der Waals surface area contributed by atoms with Crippen molar-refractivity contribution in [1.82, 2.24) is 4.98 Å². The number of carboxylic acids is 1. The van der Waals surface area contributed by atoms with E-state index in [1.54, 1.807) is 18.3 Å². The quantitative estimate of drug-likeness (QED) is 0.722. The van der Waals surface area contributed by atoms with Crippen molar-refractivity contribution in [3.05, 3.63) is 30.1 Å². The molecule has 1 aromatic rings. The second kappa shape index (κ2) is 3.53. The number of carbonyl (C=O) groups is 1. The molecule has 70 valence electrons. The summed E-state index contributed by atoms with van der Waals surface area (Å²) in [5.41, 5.74) is -0.836. The second-order valence-electron chi connectivity index (χ2n) is 3.09. The van der Waals surface area contributed by atoms with Crippen LogP contribution in [0.4, 0.5) is 0 Å². The monoisotopic (exact) mass is 181 g/mol. The lowest BCUT2D eigenvalue weighted by molar-refractivity contribution is -0.142. The van der Waals surface area contributed by atoms with Crippen LogP contribution >= 0.6 is 0 Å². The Morgan fingerprint density at radius 3 is 2.85 bits per heavy atom. The van der Waals surface area contributed by atoms with Crippen LogP contribution < -0.4 is 0 Å². The third-order valence-electron chi connectivity index (χ3n) is 1.78. The van der Waals surface area contributed by atoms with Crippen molar-refractivity contribution in [3.63, 3.8) is 0 Å². The molecule has 1 heterocycles. The normalized spacial score (nSPS) is 14.9. The Labute approximate surface area is 75.9 Å². The van der Waals surface area contributed by atoms with E-state index in [2.05, 4.69) is 4.98 Å². The number of nitrogens with zero attached hydrogens (tertiary/aromatic N) is 1. The van der Waals surface area contributed by atoms with E-state index in [1.165, 1.54) is 13.1 Å². The van der Waals surface area contributed by atoms with Crippen molar-refractivity contribution >= 4 is 5.97 Å². The van der Waals surface area contributed by atoms with Crippen LogP contribution in [-0.2, 0) is 10.4 Å². The highest BCUT2D eigenvalue weighted by molar-refractivity contribution is 5.68. The van der Waals surface area contributed by atoms with Crippen molar-refractivity contribution in [1.29, 1.82) is 0 Å². The number of rotatable bonds is 3. The molecule has 2 N–H and O–H groups in total. The average Bonchev–Trinajstić information content (AvgIpc) is 2.04. The number of carboxylic acid groups (broad SMARTS) is 1. The Balaban J connectivity index is 2.87. The maximum atomic E-state index is 10.4. The largest absolute Gasteiger partial charge is 0.481 e. The Bertz CT molecular complexity index is 295. The third-order valence-corrected chi connectivity index (χ3v) is 1.78. The summed E-state index contributed by atoms with van der Waals surface area (Å²) in [7, 11) is 0. The first-order valence-corrected chi connectivity index (χ1v) is 3.87. The Kier molecular flexibility index (Phi) is 2.63. The van der Waals surface area contributed by atoms with Crippen LogP contribution in [0.5, 0.6) is 0 Å². The predicted molar refractivity (Wildman–Crippen MR) is 46.1 cm³/mol. The van der Waals surface area contributed by atoms with Crippen molar-refractivity contribution in [2.75, 3.05) is 0 Å². The minimum absolute atomic E-state index is 0.321. The summed E-state index contributed by atoms with van der Waals surface area (Å²) in [5, 5.41) is 18.3. The van der Waals surface area contributed by atoms with Gasteiger partial charge in [0.1, 0.15) is 0 Å². The molecule has 0 saturated heterocycles. The van der Waals surface area contributed by atoms with Crippen LogP contribution in [0.15, 0.2) is 24.5 Å². The van der Waals surface area contributed by atoms with Gasteiger partial charge in [0, 0.05) is 18.0 Å². The zero-order chi connectivity index (χ0) is 9.90. The Morgan fingerprint density at radius 1 is 1.69 bits per heavy atom. The maximum Gasteiger partial charge on any atom is 0.306 e. The van der Waals surface area contributed by atoms with E-state index in [0.29, 0.717) is 5.56 Å². The number of aliphatic carboxylic acids is 1. The van der Waals surface area contributed by atoms with E-state index < -0.39 is 11.6 Å². The molecule has 13 heavy (non-hydrogen) atoms. The van der Waals surface area contributed by atoms with Crippen molar-refractivity contribution in [3.8, 4) is 0 Å². The van der Waals surface area contributed by atoms with Crippen LogP contribution in [0.1, 0.15) is 18.9 Å². The number of hydrogen-bond donors (Lipinski definition) is 2. The highest BCUT2D eigenvalue weighted by Gasteiger charge is 2.26. The lowest BCUT2D eigenvalue weighted by Gasteiger charge is -2.20. The van der Waals surface area contributed by atoms with Crippen molar-refractivity contribution in [2.45, 2.75) is 18.9 Å². The number of aliphatic hydroxyl groups is 1. The van der Waals surface area contributed by atoms with Gasteiger partial charge in [-0.3, -0.25) is 9.78 Å². The first kappa shape index (κ1) is 9.67. The molecular formula is C9H11NO3. The van der Waals surface area contributed by atoms with Crippen LogP contribution in [0.3, 0.4) is 0 Å². The van der Waals surface area contributed by atoms with Crippen LogP contribution in [-0.4, -0.2) is 21.2 Å². The summed E-state index contributed by atoms with van der Waals surface area (Å²) in [6.07, 6.45) is 2.71. The fourth-order valence-corrected chi connectivity index (χ4v) is 1.08. The number of pyridine rings is 1. The highest BCUT2D eigenvalue weighted by atomic mass is 16.4. The van der Waals surface area contributed by atoms with Gasteiger partial charge in [-0.05, 0) is 13.0 Å². The van der Waals surface area contributed by atoms with Gasteiger partial charge in [-0.15, -0.1) is 0 Å². The summed E-state index contributed by atoms with van der Waals surface area (Å²) >= 11 is 0. The summed E-state index contributed by atoms with van der Waals surface area (Å²) in [5.74, 6) is -1.03. The molecular weight excluding hydrogens is 170 g/mol. The molecule has 0 radical (unpaired) electrons. The van der Waals surface area contributed by atoms with E-state index in [0.717, 1.165) is 0 Å². The van der Waals surface area contributed by atoms with E-state index in [4.69, 9.17) is 5.11 Å². The molecule has 0 bridgehead atoms. The second-order valence-corrected chi connectivity index (χ2v) is 3.09. The zero-order valence-electron chi connectivity index (χ0n) is 7.27. The molecule has 1 atom stereocenters. The van der Waals surface area contributed by atoms with Gasteiger partial charge >= 0.3 is 5.97 Å².